The van der Waals surface area contributed by atoms with Crippen molar-refractivity contribution in [1.82, 2.24) is 4.98 Å². The van der Waals surface area contributed by atoms with E-state index >= 15 is 0 Å². The maximum Gasteiger partial charge on any atom is 0.350 e. The Kier molecular flexibility index (Phi) is 6.51. The van der Waals surface area contributed by atoms with E-state index in [1.54, 1.807) is 6.92 Å². The fourth-order valence-corrected chi connectivity index (χ4v) is 3.13. The van der Waals surface area contributed by atoms with Crippen molar-refractivity contribution in [3.05, 3.63) is 35.2 Å². The highest BCUT2D eigenvalue weighted by atomic mass is 32.2. The Balaban J connectivity index is 2.26. The van der Waals surface area contributed by atoms with Crippen molar-refractivity contribution < 1.29 is 19.1 Å². The van der Waals surface area contributed by atoms with Gasteiger partial charge >= 0.3 is 5.97 Å². The molecular formula is C16H16N2O4S2. The van der Waals surface area contributed by atoms with Crippen molar-refractivity contribution in [2.75, 3.05) is 17.7 Å². The number of amides is 1. The average Bonchev–Trinajstić information content (AvgIpc) is 2.98. The van der Waals surface area contributed by atoms with Crippen LogP contribution in [0.1, 0.15) is 23.5 Å². The lowest BCUT2D eigenvalue weighted by molar-refractivity contribution is -0.114. The minimum atomic E-state index is -0.479. The standard InChI is InChI=1S/C16H16N2O4S2/c1-3-22-15(21)14-13(11-7-5-4-6-8-11)18-16(24-14)17-12(20)9-23-10(2)19/h4-8H,3,9H2,1-2H3,(H,17,18,20). The maximum absolute atomic E-state index is 12.1. The van der Waals surface area contributed by atoms with Crippen LogP contribution in [-0.4, -0.2) is 34.3 Å². The molecule has 126 valence electrons. The molecule has 0 unspecified atom stereocenters. The van der Waals surface area contributed by atoms with E-state index in [9.17, 15) is 14.4 Å². The van der Waals surface area contributed by atoms with Crippen molar-refractivity contribution in [3.63, 3.8) is 0 Å². The fraction of sp³-hybridized carbons (Fsp3) is 0.250. The number of nitrogens with zero attached hydrogens (tertiary/aromatic N) is 1. The molecular weight excluding hydrogens is 348 g/mol. The summed E-state index contributed by atoms with van der Waals surface area (Å²) in [6, 6.07) is 9.20. The van der Waals surface area contributed by atoms with Gasteiger partial charge in [-0.25, -0.2) is 9.78 Å². The van der Waals surface area contributed by atoms with Gasteiger partial charge in [0.15, 0.2) is 10.2 Å². The predicted octanol–water partition coefficient (Wildman–Crippen LogP) is 3.21. The first kappa shape index (κ1) is 18.2. The first-order valence-corrected chi connectivity index (χ1v) is 8.98. The Morgan fingerprint density at radius 1 is 1.25 bits per heavy atom. The molecule has 1 amide bonds. The molecule has 24 heavy (non-hydrogen) atoms. The predicted molar refractivity (Wildman–Crippen MR) is 95.3 cm³/mol. The Labute approximate surface area is 147 Å². The normalized spacial score (nSPS) is 10.2. The van der Waals surface area contributed by atoms with E-state index in [0.717, 1.165) is 28.7 Å². The highest BCUT2D eigenvalue weighted by Crippen LogP contribution is 2.31. The minimum Gasteiger partial charge on any atom is -0.462 e. The van der Waals surface area contributed by atoms with Crippen molar-refractivity contribution in [3.8, 4) is 11.3 Å². The lowest BCUT2D eigenvalue weighted by Crippen LogP contribution is -2.14. The van der Waals surface area contributed by atoms with E-state index in [1.165, 1.54) is 6.92 Å². The van der Waals surface area contributed by atoms with Gasteiger partial charge in [-0.3, -0.25) is 9.59 Å². The lowest BCUT2D eigenvalue weighted by atomic mass is 10.1. The van der Waals surface area contributed by atoms with Crippen LogP contribution in [0, 0.1) is 0 Å². The van der Waals surface area contributed by atoms with Crippen LogP contribution in [-0.2, 0) is 14.3 Å². The van der Waals surface area contributed by atoms with Gasteiger partial charge in [-0.2, -0.15) is 0 Å². The monoisotopic (exact) mass is 364 g/mol. The molecule has 0 saturated heterocycles. The second-order valence-corrected chi connectivity index (χ2v) is 6.76. The summed E-state index contributed by atoms with van der Waals surface area (Å²) >= 11 is 1.97. The molecule has 1 aromatic heterocycles. The third kappa shape index (κ3) is 4.90. The van der Waals surface area contributed by atoms with Crippen LogP contribution >= 0.6 is 23.1 Å². The molecule has 0 aliphatic rings. The van der Waals surface area contributed by atoms with Crippen molar-refractivity contribution >= 4 is 45.2 Å². The molecule has 6 nitrogen and oxygen atoms in total. The van der Waals surface area contributed by atoms with E-state index < -0.39 is 5.97 Å². The number of benzene rings is 1. The Morgan fingerprint density at radius 3 is 2.58 bits per heavy atom. The number of rotatable bonds is 6. The Hall–Kier alpha value is -2.19. The van der Waals surface area contributed by atoms with E-state index in [-0.39, 0.29) is 23.4 Å². The summed E-state index contributed by atoms with van der Waals surface area (Å²) in [6.45, 7) is 3.37. The number of hydrogen-bond donors (Lipinski definition) is 1. The quantitative estimate of drug-likeness (QED) is 0.792. The van der Waals surface area contributed by atoms with E-state index in [4.69, 9.17) is 4.74 Å². The number of nitrogens with one attached hydrogen (secondary N) is 1. The molecule has 1 N–H and O–H groups in total. The number of carbonyl (C=O) groups is 3. The van der Waals surface area contributed by atoms with Gasteiger partial charge in [0.05, 0.1) is 18.1 Å². The number of esters is 1. The summed E-state index contributed by atoms with van der Waals surface area (Å²) < 4.78 is 5.06. The fourth-order valence-electron chi connectivity index (χ4n) is 1.82. The van der Waals surface area contributed by atoms with Gasteiger partial charge in [0.25, 0.3) is 0 Å². The van der Waals surface area contributed by atoms with Crippen LogP contribution in [0.5, 0.6) is 0 Å². The number of thioether (sulfide) groups is 1. The molecule has 0 fully saturated rings. The van der Waals surface area contributed by atoms with Gasteiger partial charge in [0.2, 0.25) is 5.91 Å². The van der Waals surface area contributed by atoms with Gasteiger partial charge in [-0.05, 0) is 6.92 Å². The van der Waals surface area contributed by atoms with Gasteiger partial charge < -0.3 is 10.1 Å². The van der Waals surface area contributed by atoms with Crippen molar-refractivity contribution in [2.24, 2.45) is 0 Å². The molecule has 0 aliphatic carbocycles. The Bertz CT molecular complexity index is 744. The van der Waals surface area contributed by atoms with Gasteiger partial charge in [0, 0.05) is 12.5 Å². The van der Waals surface area contributed by atoms with Crippen LogP contribution in [0.4, 0.5) is 5.13 Å². The van der Waals surface area contributed by atoms with E-state index in [0.29, 0.717) is 15.7 Å². The smallest absolute Gasteiger partial charge is 0.350 e. The molecule has 0 radical (unpaired) electrons. The number of anilines is 1. The molecule has 0 aliphatic heterocycles. The highest BCUT2D eigenvalue weighted by Gasteiger charge is 2.21. The molecule has 8 heteroatoms. The topological polar surface area (TPSA) is 85.4 Å². The van der Waals surface area contributed by atoms with Gasteiger partial charge in [0.1, 0.15) is 4.88 Å². The zero-order valence-electron chi connectivity index (χ0n) is 13.2. The van der Waals surface area contributed by atoms with Crippen LogP contribution in [0.2, 0.25) is 0 Å². The van der Waals surface area contributed by atoms with Crippen LogP contribution in [0.15, 0.2) is 30.3 Å². The summed E-state index contributed by atoms with van der Waals surface area (Å²) in [5, 5.41) is 2.77. The SMILES string of the molecule is CCOC(=O)c1sc(NC(=O)CSC(C)=O)nc1-c1ccccc1. The van der Waals surface area contributed by atoms with Crippen LogP contribution in [0.3, 0.4) is 0 Å². The summed E-state index contributed by atoms with van der Waals surface area (Å²) in [7, 11) is 0. The van der Waals surface area contributed by atoms with Gasteiger partial charge in [-0.15, -0.1) is 0 Å². The number of aromatic nitrogens is 1. The molecule has 2 rings (SSSR count). The summed E-state index contributed by atoms with van der Waals surface area (Å²) in [4.78, 5) is 39.6. The zero-order chi connectivity index (χ0) is 17.5. The summed E-state index contributed by atoms with van der Waals surface area (Å²) in [6.07, 6.45) is 0. The third-order valence-electron chi connectivity index (χ3n) is 2.79. The van der Waals surface area contributed by atoms with E-state index in [1.807, 2.05) is 30.3 Å². The number of carbonyl (C=O) groups excluding carboxylic acids is 3. The van der Waals surface area contributed by atoms with Crippen molar-refractivity contribution in [1.29, 1.82) is 0 Å². The van der Waals surface area contributed by atoms with E-state index in [2.05, 4.69) is 10.3 Å². The molecule has 1 heterocycles. The highest BCUT2D eigenvalue weighted by molar-refractivity contribution is 8.14. The molecule has 0 atom stereocenters. The first-order valence-electron chi connectivity index (χ1n) is 7.17. The molecule has 0 saturated carbocycles. The maximum atomic E-state index is 12.1. The number of ether oxygens (including phenoxy) is 1. The van der Waals surface area contributed by atoms with Crippen LogP contribution < -0.4 is 5.32 Å². The lowest BCUT2D eigenvalue weighted by Gasteiger charge is -2.01. The zero-order valence-corrected chi connectivity index (χ0v) is 14.8. The summed E-state index contributed by atoms with van der Waals surface area (Å²) in [5.41, 5.74) is 1.23. The third-order valence-corrected chi connectivity index (χ3v) is 4.55. The number of thiazole rings is 1. The molecule has 0 spiro atoms. The molecule has 0 bridgehead atoms. The van der Waals surface area contributed by atoms with Crippen molar-refractivity contribution in [2.45, 2.75) is 13.8 Å². The van der Waals surface area contributed by atoms with Crippen LogP contribution in [0.25, 0.3) is 11.3 Å². The largest absolute Gasteiger partial charge is 0.462 e. The number of hydrogen-bond acceptors (Lipinski definition) is 7. The molecule has 1 aromatic carbocycles. The van der Waals surface area contributed by atoms with Gasteiger partial charge in [-0.1, -0.05) is 53.4 Å². The second-order valence-electron chi connectivity index (χ2n) is 4.61. The Morgan fingerprint density at radius 2 is 1.96 bits per heavy atom. The average molecular weight is 364 g/mol. The summed E-state index contributed by atoms with van der Waals surface area (Å²) in [5.74, 6) is -0.823. The second kappa shape index (κ2) is 8.60. The molecule has 2 aromatic rings. The minimum absolute atomic E-state index is 0.00429. The first-order chi connectivity index (χ1) is 11.5.